The van der Waals surface area contributed by atoms with Gasteiger partial charge in [-0.2, -0.15) is 5.10 Å². The second kappa shape index (κ2) is 9.00. The molecule has 1 aromatic carbocycles. The molecule has 3 aromatic rings. The number of fused-ring (bicyclic) bond motifs is 1. The molecule has 0 spiro atoms. The van der Waals surface area contributed by atoms with Crippen LogP contribution in [0.2, 0.25) is 0 Å². The van der Waals surface area contributed by atoms with Gasteiger partial charge in [0.25, 0.3) is 0 Å². The molecule has 4 rings (SSSR count). The third kappa shape index (κ3) is 4.80. The molecule has 2 aromatic heterocycles. The smallest absolute Gasteiger partial charge is 0.319 e. The molecule has 1 fully saturated rings. The van der Waals surface area contributed by atoms with Crippen LogP contribution in [0.25, 0.3) is 11.0 Å². The van der Waals surface area contributed by atoms with Crippen molar-refractivity contribution in [2.45, 2.75) is 38.8 Å². The molecule has 0 radical (unpaired) electrons. The van der Waals surface area contributed by atoms with Gasteiger partial charge >= 0.3 is 6.03 Å². The number of ether oxygens (including phenoxy) is 1. The normalized spacial score (nSPS) is 16.4. The Balaban J connectivity index is 1.49. The molecule has 1 aliphatic rings. The van der Waals surface area contributed by atoms with Gasteiger partial charge in [0, 0.05) is 36.6 Å². The molecule has 1 atom stereocenters. The highest BCUT2D eigenvalue weighted by Crippen LogP contribution is 2.33. The van der Waals surface area contributed by atoms with Gasteiger partial charge in [0.05, 0.1) is 0 Å². The number of H-pyrrole nitrogens is 1. The summed E-state index contributed by atoms with van der Waals surface area (Å²) in [6.45, 7) is 5.79. The van der Waals surface area contributed by atoms with Crippen LogP contribution in [0.4, 0.5) is 16.3 Å². The molecule has 30 heavy (non-hydrogen) atoms. The standard InChI is InChI=1S/C21H27N7O2/c1-13(2)24-21(29)26-14-5-7-16(8-6-14)30-17-9-11-23-19-18(17)20(28-27-19)25-15-4-3-10-22-12-15/h5-9,11,13,15,22H,3-4,10,12H2,1-2H3,(H2,24,26,29)(H2,23,25,27,28). The van der Waals surface area contributed by atoms with Gasteiger partial charge in [-0.15, -0.1) is 0 Å². The summed E-state index contributed by atoms with van der Waals surface area (Å²) in [5.41, 5.74) is 1.36. The lowest BCUT2D eigenvalue weighted by Crippen LogP contribution is -2.38. The Morgan fingerprint density at radius 3 is 2.80 bits per heavy atom. The quantitative estimate of drug-likeness (QED) is 0.426. The van der Waals surface area contributed by atoms with Gasteiger partial charge in [-0.05, 0) is 57.5 Å². The highest BCUT2D eigenvalue weighted by molar-refractivity contribution is 5.93. The van der Waals surface area contributed by atoms with Crippen molar-refractivity contribution in [1.29, 1.82) is 0 Å². The highest BCUT2D eigenvalue weighted by atomic mass is 16.5. The zero-order valence-electron chi connectivity index (χ0n) is 17.2. The van der Waals surface area contributed by atoms with E-state index in [9.17, 15) is 4.79 Å². The number of aromatic amines is 1. The van der Waals surface area contributed by atoms with Crippen molar-refractivity contribution in [1.82, 2.24) is 25.8 Å². The molecule has 9 nitrogen and oxygen atoms in total. The lowest BCUT2D eigenvalue weighted by Gasteiger charge is -2.23. The predicted octanol–water partition coefficient (Wildman–Crippen LogP) is 3.44. The van der Waals surface area contributed by atoms with Gasteiger partial charge in [-0.3, -0.25) is 5.10 Å². The topological polar surface area (TPSA) is 116 Å². The Labute approximate surface area is 175 Å². The van der Waals surface area contributed by atoms with Gasteiger partial charge in [-0.1, -0.05) is 0 Å². The van der Waals surface area contributed by atoms with Crippen molar-refractivity contribution in [3.63, 3.8) is 0 Å². The Kier molecular flexibility index (Phi) is 5.99. The summed E-state index contributed by atoms with van der Waals surface area (Å²) >= 11 is 0. The number of aromatic nitrogens is 3. The van der Waals surface area contributed by atoms with E-state index in [4.69, 9.17) is 4.74 Å². The molecule has 0 aliphatic carbocycles. The highest BCUT2D eigenvalue weighted by Gasteiger charge is 2.18. The fourth-order valence-electron chi connectivity index (χ4n) is 3.44. The van der Waals surface area contributed by atoms with Crippen LogP contribution in [-0.4, -0.2) is 46.4 Å². The number of nitrogens with zero attached hydrogens (tertiary/aromatic N) is 2. The maximum absolute atomic E-state index is 11.8. The van der Waals surface area contributed by atoms with E-state index in [0.717, 1.165) is 37.1 Å². The number of benzene rings is 1. The van der Waals surface area contributed by atoms with Crippen LogP contribution in [-0.2, 0) is 0 Å². The zero-order valence-corrected chi connectivity index (χ0v) is 17.2. The van der Waals surface area contributed by atoms with Crippen LogP contribution >= 0.6 is 0 Å². The Morgan fingerprint density at radius 2 is 2.07 bits per heavy atom. The van der Waals surface area contributed by atoms with Crippen molar-refractivity contribution in [3.8, 4) is 11.5 Å². The van der Waals surface area contributed by atoms with E-state index >= 15 is 0 Å². The van der Waals surface area contributed by atoms with E-state index in [1.165, 1.54) is 0 Å². The number of nitrogens with one attached hydrogen (secondary N) is 5. The Hall–Kier alpha value is -3.33. The second-order valence-corrected chi connectivity index (χ2v) is 7.67. The number of carbonyl (C=O) groups excluding carboxylic acids is 1. The molecule has 5 N–H and O–H groups in total. The number of anilines is 2. The van der Waals surface area contributed by atoms with Crippen LogP contribution in [0.1, 0.15) is 26.7 Å². The molecular formula is C21H27N7O2. The van der Waals surface area contributed by atoms with Crippen LogP contribution in [0.3, 0.4) is 0 Å². The van der Waals surface area contributed by atoms with Crippen LogP contribution in [0, 0.1) is 0 Å². The van der Waals surface area contributed by atoms with E-state index in [1.54, 1.807) is 18.3 Å². The number of pyridine rings is 1. The number of amides is 2. The first-order valence-electron chi connectivity index (χ1n) is 10.2. The van der Waals surface area contributed by atoms with Gasteiger partial charge in [0.2, 0.25) is 0 Å². The van der Waals surface area contributed by atoms with Gasteiger partial charge in [-0.25, -0.2) is 9.78 Å². The van der Waals surface area contributed by atoms with E-state index in [0.29, 0.717) is 28.9 Å². The first-order valence-corrected chi connectivity index (χ1v) is 10.2. The summed E-state index contributed by atoms with van der Waals surface area (Å²) in [5.74, 6) is 2.06. The van der Waals surface area contributed by atoms with Crippen molar-refractivity contribution in [3.05, 3.63) is 36.5 Å². The minimum absolute atomic E-state index is 0.0730. The average Bonchev–Trinajstić information content (AvgIpc) is 3.13. The van der Waals surface area contributed by atoms with E-state index in [-0.39, 0.29) is 12.1 Å². The summed E-state index contributed by atoms with van der Waals surface area (Å²) < 4.78 is 6.12. The molecule has 3 heterocycles. The van der Waals surface area contributed by atoms with Crippen molar-refractivity contribution in [2.24, 2.45) is 0 Å². The van der Waals surface area contributed by atoms with Gasteiger partial charge in [0.1, 0.15) is 16.9 Å². The molecule has 9 heteroatoms. The van der Waals surface area contributed by atoms with Crippen LogP contribution in [0.15, 0.2) is 36.5 Å². The van der Waals surface area contributed by atoms with Crippen molar-refractivity contribution < 1.29 is 9.53 Å². The number of piperidine rings is 1. The minimum Gasteiger partial charge on any atom is -0.456 e. The van der Waals surface area contributed by atoms with E-state index < -0.39 is 0 Å². The maximum Gasteiger partial charge on any atom is 0.319 e. The van der Waals surface area contributed by atoms with Gasteiger partial charge < -0.3 is 26.0 Å². The van der Waals surface area contributed by atoms with Crippen LogP contribution in [0.5, 0.6) is 11.5 Å². The zero-order chi connectivity index (χ0) is 20.9. The average molecular weight is 409 g/mol. The number of rotatable bonds is 6. The van der Waals surface area contributed by atoms with Gasteiger partial charge in [0.15, 0.2) is 11.5 Å². The Morgan fingerprint density at radius 1 is 1.23 bits per heavy atom. The Bertz CT molecular complexity index is 994. The lowest BCUT2D eigenvalue weighted by atomic mass is 10.1. The number of hydrogen-bond acceptors (Lipinski definition) is 6. The third-order valence-corrected chi connectivity index (χ3v) is 4.82. The van der Waals surface area contributed by atoms with E-state index in [2.05, 4.69) is 36.4 Å². The number of urea groups is 1. The molecule has 0 saturated carbocycles. The number of hydrogen-bond donors (Lipinski definition) is 5. The predicted molar refractivity (Wildman–Crippen MR) is 117 cm³/mol. The first-order chi connectivity index (χ1) is 14.6. The molecule has 2 amide bonds. The third-order valence-electron chi connectivity index (χ3n) is 4.82. The first kappa shape index (κ1) is 20.0. The molecule has 1 aliphatic heterocycles. The van der Waals surface area contributed by atoms with Crippen LogP contribution < -0.4 is 26.0 Å². The van der Waals surface area contributed by atoms with Crippen molar-refractivity contribution in [2.75, 3.05) is 23.7 Å². The lowest BCUT2D eigenvalue weighted by molar-refractivity contribution is 0.250. The molecule has 158 valence electrons. The number of carbonyl (C=O) groups is 1. The minimum atomic E-state index is -0.235. The maximum atomic E-state index is 11.8. The summed E-state index contributed by atoms with van der Waals surface area (Å²) in [7, 11) is 0. The molecular weight excluding hydrogens is 382 g/mol. The van der Waals surface area contributed by atoms with Crippen molar-refractivity contribution >= 4 is 28.6 Å². The largest absolute Gasteiger partial charge is 0.456 e. The second-order valence-electron chi connectivity index (χ2n) is 7.67. The molecule has 1 saturated heterocycles. The molecule has 1 unspecified atom stereocenters. The summed E-state index contributed by atoms with van der Waals surface area (Å²) in [5, 5.41) is 20.7. The van der Waals surface area contributed by atoms with E-state index in [1.807, 2.05) is 32.0 Å². The summed E-state index contributed by atoms with van der Waals surface area (Å²) in [4.78, 5) is 16.2. The fourth-order valence-corrected chi connectivity index (χ4v) is 3.44. The monoisotopic (exact) mass is 409 g/mol. The summed E-state index contributed by atoms with van der Waals surface area (Å²) in [6.07, 6.45) is 3.92. The fraction of sp³-hybridized carbons (Fsp3) is 0.381. The summed E-state index contributed by atoms with van der Waals surface area (Å²) in [6, 6.07) is 9.21. The molecule has 0 bridgehead atoms. The SMILES string of the molecule is CC(C)NC(=O)Nc1ccc(Oc2ccnc3[nH]nc(NC4CCCNC4)c23)cc1.